The molecule has 3 unspecified atom stereocenters. The Morgan fingerprint density at radius 2 is 1.95 bits per heavy atom. The number of rotatable bonds is 7. The van der Waals surface area contributed by atoms with Crippen molar-refractivity contribution in [3.63, 3.8) is 0 Å². The number of hydrogen-bond donors (Lipinski definition) is 1. The summed E-state index contributed by atoms with van der Waals surface area (Å²) in [6, 6.07) is 9.23. The molecule has 0 aromatic heterocycles. The standard InChI is InChI=1S/C18H29NO/c1-4-13-19-17-7-6-8-18(17)20-16-11-9-15(10-12-16)14(3)5-2/h9-12,14,17-19H,4-8,13H2,1-3H3. The van der Waals surface area contributed by atoms with E-state index in [0.29, 0.717) is 18.1 Å². The Hall–Kier alpha value is -1.02. The minimum Gasteiger partial charge on any atom is -0.489 e. The molecule has 0 bridgehead atoms. The summed E-state index contributed by atoms with van der Waals surface area (Å²) in [4.78, 5) is 0. The van der Waals surface area contributed by atoms with Crippen molar-refractivity contribution < 1.29 is 4.74 Å². The van der Waals surface area contributed by atoms with Crippen LogP contribution in [0.4, 0.5) is 0 Å². The predicted molar refractivity (Wildman–Crippen MR) is 85.5 cm³/mol. The Kier molecular flexibility index (Phi) is 5.90. The maximum absolute atomic E-state index is 6.19. The highest BCUT2D eigenvalue weighted by molar-refractivity contribution is 5.29. The molecule has 0 aliphatic heterocycles. The van der Waals surface area contributed by atoms with E-state index in [0.717, 1.165) is 12.3 Å². The van der Waals surface area contributed by atoms with Crippen molar-refractivity contribution in [2.45, 2.75) is 70.9 Å². The zero-order valence-electron chi connectivity index (χ0n) is 13.2. The van der Waals surface area contributed by atoms with Gasteiger partial charge in [0.1, 0.15) is 11.9 Å². The topological polar surface area (TPSA) is 21.3 Å². The summed E-state index contributed by atoms with van der Waals surface area (Å²) in [6.45, 7) is 7.82. The van der Waals surface area contributed by atoms with Gasteiger partial charge in [-0.15, -0.1) is 0 Å². The quantitative estimate of drug-likeness (QED) is 0.791. The van der Waals surface area contributed by atoms with Crippen LogP contribution in [-0.4, -0.2) is 18.7 Å². The summed E-state index contributed by atoms with van der Waals surface area (Å²) < 4.78 is 6.19. The van der Waals surface area contributed by atoms with Gasteiger partial charge in [0.25, 0.3) is 0 Å². The molecule has 2 nitrogen and oxygen atoms in total. The van der Waals surface area contributed by atoms with Crippen molar-refractivity contribution in [1.29, 1.82) is 0 Å². The molecule has 2 rings (SSSR count). The summed E-state index contributed by atoms with van der Waals surface area (Å²) in [5.41, 5.74) is 1.41. The highest BCUT2D eigenvalue weighted by atomic mass is 16.5. The van der Waals surface area contributed by atoms with Crippen LogP contribution in [0.1, 0.15) is 64.4 Å². The molecule has 1 N–H and O–H groups in total. The molecule has 2 heteroatoms. The zero-order valence-corrected chi connectivity index (χ0v) is 13.2. The molecule has 0 heterocycles. The van der Waals surface area contributed by atoms with Crippen LogP contribution in [0.15, 0.2) is 24.3 Å². The minimum absolute atomic E-state index is 0.344. The maximum atomic E-state index is 6.19. The van der Waals surface area contributed by atoms with Gasteiger partial charge < -0.3 is 10.1 Å². The summed E-state index contributed by atoms with van der Waals surface area (Å²) in [7, 11) is 0. The van der Waals surface area contributed by atoms with Gasteiger partial charge >= 0.3 is 0 Å². The second-order valence-electron chi connectivity index (χ2n) is 6.03. The fourth-order valence-corrected chi connectivity index (χ4v) is 2.92. The summed E-state index contributed by atoms with van der Waals surface area (Å²) in [5, 5.41) is 3.62. The summed E-state index contributed by atoms with van der Waals surface area (Å²) >= 11 is 0. The molecule has 1 aliphatic carbocycles. The van der Waals surface area contributed by atoms with Crippen molar-refractivity contribution in [2.24, 2.45) is 0 Å². The molecule has 1 fully saturated rings. The van der Waals surface area contributed by atoms with Crippen LogP contribution in [0.25, 0.3) is 0 Å². The van der Waals surface area contributed by atoms with E-state index in [1.165, 1.54) is 37.7 Å². The molecular formula is C18H29NO. The van der Waals surface area contributed by atoms with Crippen LogP contribution in [0.3, 0.4) is 0 Å². The van der Waals surface area contributed by atoms with E-state index >= 15 is 0 Å². The Morgan fingerprint density at radius 1 is 1.20 bits per heavy atom. The van der Waals surface area contributed by atoms with E-state index in [1.54, 1.807) is 0 Å². The Labute approximate surface area is 123 Å². The lowest BCUT2D eigenvalue weighted by atomic mass is 9.99. The van der Waals surface area contributed by atoms with Gasteiger partial charge in [-0.1, -0.05) is 32.9 Å². The molecule has 20 heavy (non-hydrogen) atoms. The molecule has 1 saturated carbocycles. The van der Waals surface area contributed by atoms with Crippen LogP contribution in [0.5, 0.6) is 5.75 Å². The van der Waals surface area contributed by atoms with Crippen LogP contribution in [0, 0.1) is 0 Å². The number of benzene rings is 1. The highest BCUT2D eigenvalue weighted by Gasteiger charge is 2.28. The van der Waals surface area contributed by atoms with Crippen molar-refractivity contribution in [3.05, 3.63) is 29.8 Å². The molecule has 0 spiro atoms. The Balaban J connectivity index is 1.92. The van der Waals surface area contributed by atoms with Crippen LogP contribution in [-0.2, 0) is 0 Å². The molecule has 112 valence electrons. The third-order valence-corrected chi connectivity index (χ3v) is 4.46. The molecule has 0 amide bonds. The third-order valence-electron chi connectivity index (χ3n) is 4.46. The highest BCUT2D eigenvalue weighted by Crippen LogP contribution is 2.26. The first-order chi connectivity index (χ1) is 9.74. The van der Waals surface area contributed by atoms with Gasteiger partial charge in [-0.3, -0.25) is 0 Å². The first-order valence-corrected chi connectivity index (χ1v) is 8.24. The lowest BCUT2D eigenvalue weighted by molar-refractivity contribution is 0.175. The largest absolute Gasteiger partial charge is 0.489 e. The van der Waals surface area contributed by atoms with Crippen LogP contribution >= 0.6 is 0 Å². The fourth-order valence-electron chi connectivity index (χ4n) is 2.92. The first-order valence-electron chi connectivity index (χ1n) is 8.24. The monoisotopic (exact) mass is 275 g/mol. The van der Waals surface area contributed by atoms with Crippen LogP contribution in [0.2, 0.25) is 0 Å². The van der Waals surface area contributed by atoms with E-state index in [2.05, 4.69) is 50.4 Å². The zero-order chi connectivity index (χ0) is 14.4. The van der Waals surface area contributed by atoms with Gasteiger partial charge in [-0.05, 0) is 62.3 Å². The van der Waals surface area contributed by atoms with Crippen LogP contribution < -0.4 is 10.1 Å². The van der Waals surface area contributed by atoms with E-state index in [9.17, 15) is 0 Å². The lowest BCUT2D eigenvalue weighted by Crippen LogP contribution is -2.39. The molecule has 3 atom stereocenters. The van der Waals surface area contributed by atoms with Crippen molar-refractivity contribution in [3.8, 4) is 5.75 Å². The lowest BCUT2D eigenvalue weighted by Gasteiger charge is -2.22. The van der Waals surface area contributed by atoms with Gasteiger partial charge in [0.05, 0.1) is 0 Å². The molecule has 1 aliphatic rings. The van der Waals surface area contributed by atoms with Gasteiger partial charge in [0.15, 0.2) is 0 Å². The van der Waals surface area contributed by atoms with E-state index in [4.69, 9.17) is 4.74 Å². The first kappa shape index (κ1) is 15.4. The Bertz CT molecular complexity index is 387. The normalized spacial score (nSPS) is 23.8. The summed E-state index contributed by atoms with van der Waals surface area (Å²) in [6.07, 6.45) is 6.41. The predicted octanol–water partition coefficient (Wildman–Crippen LogP) is 4.50. The van der Waals surface area contributed by atoms with E-state index in [1.807, 2.05) is 0 Å². The number of hydrogen-bond acceptors (Lipinski definition) is 2. The second-order valence-corrected chi connectivity index (χ2v) is 6.03. The number of nitrogens with one attached hydrogen (secondary N) is 1. The fraction of sp³-hybridized carbons (Fsp3) is 0.667. The molecular weight excluding hydrogens is 246 g/mol. The minimum atomic E-state index is 0.344. The van der Waals surface area contributed by atoms with Gasteiger partial charge in [-0.25, -0.2) is 0 Å². The molecule has 1 aromatic rings. The SMILES string of the molecule is CCCNC1CCCC1Oc1ccc(C(C)CC)cc1. The van der Waals surface area contributed by atoms with Gasteiger partial charge in [0.2, 0.25) is 0 Å². The third kappa shape index (κ3) is 3.99. The Morgan fingerprint density at radius 3 is 2.60 bits per heavy atom. The van der Waals surface area contributed by atoms with Crippen molar-refractivity contribution >= 4 is 0 Å². The average Bonchev–Trinajstić information content (AvgIpc) is 2.92. The van der Waals surface area contributed by atoms with Gasteiger partial charge in [-0.2, -0.15) is 0 Å². The van der Waals surface area contributed by atoms with E-state index < -0.39 is 0 Å². The average molecular weight is 275 g/mol. The van der Waals surface area contributed by atoms with Gasteiger partial charge in [0, 0.05) is 6.04 Å². The second kappa shape index (κ2) is 7.68. The summed E-state index contributed by atoms with van der Waals surface area (Å²) in [5.74, 6) is 1.65. The smallest absolute Gasteiger partial charge is 0.119 e. The molecule has 1 aromatic carbocycles. The molecule has 0 radical (unpaired) electrons. The van der Waals surface area contributed by atoms with Crippen molar-refractivity contribution in [2.75, 3.05) is 6.54 Å². The number of ether oxygens (including phenoxy) is 1. The molecule has 0 saturated heterocycles. The van der Waals surface area contributed by atoms with E-state index in [-0.39, 0.29) is 0 Å². The maximum Gasteiger partial charge on any atom is 0.119 e. The van der Waals surface area contributed by atoms with Crippen molar-refractivity contribution in [1.82, 2.24) is 5.32 Å².